The van der Waals surface area contributed by atoms with E-state index in [2.05, 4.69) is 75.5 Å². The molecule has 1 amide bonds. The maximum atomic E-state index is 13.3. The first-order valence-corrected chi connectivity index (χ1v) is 10.3. The number of carbonyl (C=O) groups excluding carboxylic acids is 1. The van der Waals surface area contributed by atoms with Crippen molar-refractivity contribution >= 4 is 11.6 Å². The van der Waals surface area contributed by atoms with Crippen LogP contribution >= 0.6 is 0 Å². The van der Waals surface area contributed by atoms with Crippen molar-refractivity contribution in [2.45, 2.75) is 52.5 Å². The number of benzene rings is 2. The molecule has 3 atom stereocenters. The summed E-state index contributed by atoms with van der Waals surface area (Å²) in [7, 11) is 0. The highest BCUT2D eigenvalue weighted by atomic mass is 16.2. The summed E-state index contributed by atoms with van der Waals surface area (Å²) in [6, 6.07) is 17.0. The molecule has 27 heavy (non-hydrogen) atoms. The molecule has 144 valence electrons. The van der Waals surface area contributed by atoms with Gasteiger partial charge in [-0.3, -0.25) is 4.79 Å². The van der Waals surface area contributed by atoms with Crippen molar-refractivity contribution in [3.63, 3.8) is 0 Å². The molecule has 0 saturated carbocycles. The van der Waals surface area contributed by atoms with E-state index in [-0.39, 0.29) is 11.9 Å². The molecule has 0 aliphatic carbocycles. The number of hydrogen-bond acceptors (Lipinski definition) is 1. The summed E-state index contributed by atoms with van der Waals surface area (Å²) < 4.78 is 0.896. The van der Waals surface area contributed by atoms with E-state index in [9.17, 15) is 4.79 Å². The van der Waals surface area contributed by atoms with Gasteiger partial charge >= 0.3 is 0 Å². The highest BCUT2D eigenvalue weighted by molar-refractivity contribution is 5.95. The van der Waals surface area contributed by atoms with Crippen LogP contribution < -0.4 is 5.32 Å². The lowest BCUT2D eigenvalue weighted by molar-refractivity contribution is -0.930. The Labute approximate surface area is 164 Å². The van der Waals surface area contributed by atoms with Gasteiger partial charge in [0.15, 0.2) is 6.04 Å². The third kappa shape index (κ3) is 3.93. The molecule has 0 radical (unpaired) electrons. The second-order valence-electron chi connectivity index (χ2n) is 8.02. The highest BCUT2D eigenvalue weighted by Crippen LogP contribution is 2.36. The first kappa shape index (κ1) is 19.6. The Bertz CT molecular complexity index is 766. The largest absolute Gasteiger partial charge is 0.320 e. The van der Waals surface area contributed by atoms with Crippen LogP contribution in [0.5, 0.6) is 0 Å². The summed E-state index contributed by atoms with van der Waals surface area (Å²) in [6.07, 6.45) is 2.02. The fourth-order valence-electron chi connectivity index (χ4n) is 4.86. The smallest absolute Gasteiger partial charge is 0.282 e. The van der Waals surface area contributed by atoms with Gasteiger partial charge < -0.3 is 9.80 Å². The first-order valence-electron chi connectivity index (χ1n) is 10.3. The highest BCUT2D eigenvalue weighted by Gasteiger charge is 2.46. The standard InChI is InChI=1S/C24H32N2O/c1-5-22(24(27)25-23-18(3)11-10-12-19(23)4)26(6-2)16-15-21(17-26)20-13-8-7-9-14-20/h7-14,21-22H,5-6,15-17H2,1-4H3/p+1. The average molecular weight is 366 g/mol. The number of likely N-dealkylation sites (tertiary alicyclic amines) is 1. The number of aryl methyl sites for hydroxylation is 2. The second-order valence-corrected chi connectivity index (χ2v) is 8.02. The van der Waals surface area contributed by atoms with Crippen molar-refractivity contribution in [2.24, 2.45) is 0 Å². The Morgan fingerprint density at radius 2 is 1.74 bits per heavy atom. The Balaban J connectivity index is 1.81. The minimum atomic E-state index is 0.00252. The third-order valence-corrected chi connectivity index (χ3v) is 6.49. The minimum Gasteiger partial charge on any atom is -0.320 e. The fraction of sp³-hybridized carbons (Fsp3) is 0.458. The summed E-state index contributed by atoms with van der Waals surface area (Å²) in [5, 5.41) is 3.27. The third-order valence-electron chi connectivity index (χ3n) is 6.49. The monoisotopic (exact) mass is 365 g/mol. The van der Waals surface area contributed by atoms with E-state index in [1.165, 1.54) is 5.56 Å². The quantitative estimate of drug-likeness (QED) is 0.714. The summed E-state index contributed by atoms with van der Waals surface area (Å²) in [4.78, 5) is 13.3. The Hall–Kier alpha value is -2.13. The van der Waals surface area contributed by atoms with E-state index in [0.717, 1.165) is 53.8 Å². The molecule has 1 saturated heterocycles. The van der Waals surface area contributed by atoms with Crippen LogP contribution in [0.3, 0.4) is 0 Å². The van der Waals surface area contributed by atoms with Crippen LogP contribution in [0.1, 0.15) is 49.3 Å². The number of likely N-dealkylation sites (N-methyl/N-ethyl adjacent to an activating group) is 1. The van der Waals surface area contributed by atoms with Crippen LogP contribution in [0.25, 0.3) is 0 Å². The van der Waals surface area contributed by atoms with Gasteiger partial charge in [-0.2, -0.15) is 0 Å². The number of para-hydroxylation sites is 1. The second kappa shape index (κ2) is 8.26. The van der Waals surface area contributed by atoms with Crippen LogP contribution in [0.4, 0.5) is 5.69 Å². The molecular weight excluding hydrogens is 332 g/mol. The van der Waals surface area contributed by atoms with Crippen molar-refractivity contribution in [3.8, 4) is 0 Å². The lowest BCUT2D eigenvalue weighted by Crippen LogP contribution is -2.58. The maximum Gasteiger partial charge on any atom is 0.282 e. The zero-order valence-corrected chi connectivity index (χ0v) is 17.2. The molecule has 1 N–H and O–H groups in total. The maximum absolute atomic E-state index is 13.3. The Morgan fingerprint density at radius 1 is 1.07 bits per heavy atom. The van der Waals surface area contributed by atoms with Crippen LogP contribution in [-0.4, -0.2) is 36.1 Å². The van der Waals surface area contributed by atoms with Gasteiger partial charge in [-0.15, -0.1) is 0 Å². The summed E-state index contributed by atoms with van der Waals surface area (Å²) in [5.74, 6) is 0.721. The first-order chi connectivity index (χ1) is 13.0. The number of amides is 1. The van der Waals surface area contributed by atoms with Gasteiger partial charge in [0.2, 0.25) is 0 Å². The average Bonchev–Trinajstić information content (AvgIpc) is 3.12. The molecule has 0 spiro atoms. The number of nitrogens with zero attached hydrogens (tertiary/aromatic N) is 1. The predicted molar refractivity (Wildman–Crippen MR) is 113 cm³/mol. The molecule has 1 aliphatic rings. The van der Waals surface area contributed by atoms with Crippen molar-refractivity contribution < 1.29 is 9.28 Å². The van der Waals surface area contributed by atoms with E-state index >= 15 is 0 Å². The molecule has 1 fully saturated rings. The molecule has 3 nitrogen and oxygen atoms in total. The van der Waals surface area contributed by atoms with Crippen molar-refractivity contribution in [1.82, 2.24) is 0 Å². The number of nitrogens with one attached hydrogen (secondary N) is 1. The van der Waals surface area contributed by atoms with Crippen LogP contribution in [0, 0.1) is 13.8 Å². The number of anilines is 1. The molecule has 0 bridgehead atoms. The van der Waals surface area contributed by atoms with Gasteiger partial charge in [-0.05, 0) is 37.5 Å². The Kier molecular flexibility index (Phi) is 6.01. The summed E-state index contributed by atoms with van der Waals surface area (Å²) in [5.41, 5.74) is 4.65. The van der Waals surface area contributed by atoms with Crippen LogP contribution in [-0.2, 0) is 4.79 Å². The lowest BCUT2D eigenvalue weighted by Gasteiger charge is -2.40. The summed E-state index contributed by atoms with van der Waals surface area (Å²) >= 11 is 0. The Morgan fingerprint density at radius 3 is 2.33 bits per heavy atom. The summed E-state index contributed by atoms with van der Waals surface area (Å²) in [6.45, 7) is 11.7. The van der Waals surface area contributed by atoms with Gasteiger partial charge in [0, 0.05) is 24.4 Å². The number of rotatable bonds is 6. The predicted octanol–water partition coefficient (Wildman–Crippen LogP) is 5.04. The normalized spacial score (nSPS) is 23.2. The molecule has 1 aliphatic heterocycles. The van der Waals surface area contributed by atoms with Crippen molar-refractivity contribution in [2.75, 3.05) is 25.0 Å². The number of hydrogen-bond donors (Lipinski definition) is 1. The topological polar surface area (TPSA) is 29.1 Å². The van der Waals surface area contributed by atoms with E-state index in [1.54, 1.807) is 0 Å². The van der Waals surface area contributed by atoms with Gasteiger partial charge in [0.25, 0.3) is 5.91 Å². The fourth-order valence-corrected chi connectivity index (χ4v) is 4.86. The minimum absolute atomic E-state index is 0.00252. The SMILES string of the molecule is CCC(C(=O)Nc1c(C)cccc1C)[N+]1(CC)CCC(c2ccccc2)C1. The molecular formula is C24H33N2O+. The number of quaternary nitrogens is 1. The zero-order valence-electron chi connectivity index (χ0n) is 17.2. The van der Waals surface area contributed by atoms with Crippen molar-refractivity contribution in [1.29, 1.82) is 0 Å². The number of carbonyl (C=O) groups is 1. The van der Waals surface area contributed by atoms with Crippen LogP contribution in [0.15, 0.2) is 48.5 Å². The van der Waals surface area contributed by atoms with Gasteiger partial charge in [-0.1, -0.05) is 55.5 Å². The van der Waals surface area contributed by atoms with Gasteiger partial charge in [0.1, 0.15) is 0 Å². The lowest BCUT2D eigenvalue weighted by atomic mass is 9.98. The van der Waals surface area contributed by atoms with E-state index in [4.69, 9.17) is 0 Å². The molecule has 1 heterocycles. The molecule has 2 aromatic rings. The molecule has 3 heteroatoms. The van der Waals surface area contributed by atoms with E-state index < -0.39 is 0 Å². The molecule has 2 aromatic carbocycles. The van der Waals surface area contributed by atoms with E-state index in [1.807, 2.05) is 6.07 Å². The molecule has 3 rings (SSSR count). The zero-order chi connectivity index (χ0) is 19.4. The van der Waals surface area contributed by atoms with Crippen LogP contribution in [0.2, 0.25) is 0 Å². The molecule has 0 aromatic heterocycles. The van der Waals surface area contributed by atoms with Crippen molar-refractivity contribution in [3.05, 3.63) is 65.2 Å². The van der Waals surface area contributed by atoms with Gasteiger partial charge in [-0.25, -0.2) is 0 Å². The molecule has 3 unspecified atom stereocenters. The van der Waals surface area contributed by atoms with E-state index in [0.29, 0.717) is 5.92 Å². The van der Waals surface area contributed by atoms with Gasteiger partial charge in [0.05, 0.1) is 19.6 Å².